The van der Waals surface area contributed by atoms with Crippen molar-refractivity contribution in [2.24, 2.45) is 0 Å². The summed E-state index contributed by atoms with van der Waals surface area (Å²) in [5.74, 6) is 0. The Morgan fingerprint density at radius 3 is 2.65 bits per heavy atom. The SMILES string of the molecule is O=C(Nc1cccc(S(=O)(=O)N2CCOCC2)c1)N[C@@H]1CCCC[C@H]1O. The first-order valence-corrected chi connectivity index (χ1v) is 10.3. The van der Waals surface area contributed by atoms with Gasteiger partial charge in [-0.2, -0.15) is 4.31 Å². The molecule has 1 aliphatic carbocycles. The molecule has 9 heteroatoms. The van der Waals surface area contributed by atoms with Crippen LogP contribution in [0.2, 0.25) is 0 Å². The van der Waals surface area contributed by atoms with Crippen LogP contribution in [0.1, 0.15) is 25.7 Å². The van der Waals surface area contributed by atoms with Crippen LogP contribution < -0.4 is 10.6 Å². The van der Waals surface area contributed by atoms with Crippen LogP contribution in [0.3, 0.4) is 0 Å². The third-order valence-electron chi connectivity index (χ3n) is 4.75. The van der Waals surface area contributed by atoms with Crippen LogP contribution in [0.15, 0.2) is 29.2 Å². The molecule has 2 fully saturated rings. The molecule has 1 saturated heterocycles. The van der Waals surface area contributed by atoms with E-state index >= 15 is 0 Å². The zero-order chi connectivity index (χ0) is 18.6. The van der Waals surface area contributed by atoms with Crippen molar-refractivity contribution < 1.29 is 23.1 Å². The largest absolute Gasteiger partial charge is 0.391 e. The maximum atomic E-state index is 12.7. The number of amides is 2. The summed E-state index contributed by atoms with van der Waals surface area (Å²) in [5.41, 5.74) is 0.391. The van der Waals surface area contributed by atoms with E-state index in [1.807, 2.05) is 0 Å². The van der Waals surface area contributed by atoms with Gasteiger partial charge in [0.05, 0.1) is 30.3 Å². The van der Waals surface area contributed by atoms with Gasteiger partial charge in [0.1, 0.15) is 0 Å². The molecular weight excluding hydrogens is 358 g/mol. The normalized spacial score (nSPS) is 24.8. The number of hydrogen-bond acceptors (Lipinski definition) is 5. The highest BCUT2D eigenvalue weighted by molar-refractivity contribution is 7.89. The zero-order valence-corrected chi connectivity index (χ0v) is 15.4. The minimum absolute atomic E-state index is 0.134. The van der Waals surface area contributed by atoms with Crippen LogP contribution in [-0.2, 0) is 14.8 Å². The predicted molar refractivity (Wildman–Crippen MR) is 96.4 cm³/mol. The summed E-state index contributed by atoms with van der Waals surface area (Å²) < 4.78 is 32.0. The summed E-state index contributed by atoms with van der Waals surface area (Å²) in [5, 5.41) is 15.4. The molecule has 3 rings (SSSR count). The maximum Gasteiger partial charge on any atom is 0.319 e. The smallest absolute Gasteiger partial charge is 0.319 e. The van der Waals surface area contributed by atoms with E-state index in [1.54, 1.807) is 12.1 Å². The Morgan fingerprint density at radius 1 is 1.19 bits per heavy atom. The molecule has 0 aromatic heterocycles. The van der Waals surface area contributed by atoms with Crippen molar-refractivity contribution in [3.05, 3.63) is 24.3 Å². The molecule has 1 heterocycles. The number of aliphatic hydroxyl groups is 1. The monoisotopic (exact) mass is 383 g/mol. The Morgan fingerprint density at radius 2 is 1.92 bits per heavy atom. The second kappa shape index (κ2) is 8.34. The van der Waals surface area contributed by atoms with E-state index in [0.29, 0.717) is 38.4 Å². The number of ether oxygens (including phenoxy) is 1. The summed E-state index contributed by atoms with van der Waals surface area (Å²) in [6.07, 6.45) is 2.80. The van der Waals surface area contributed by atoms with Crippen LogP contribution in [0, 0.1) is 0 Å². The Balaban J connectivity index is 1.66. The number of carbonyl (C=O) groups excluding carboxylic acids is 1. The van der Waals surface area contributed by atoms with Crippen molar-refractivity contribution in [1.29, 1.82) is 0 Å². The molecule has 144 valence electrons. The number of anilines is 1. The second-order valence-electron chi connectivity index (χ2n) is 6.60. The van der Waals surface area contributed by atoms with Crippen molar-refractivity contribution in [2.45, 2.75) is 42.7 Å². The second-order valence-corrected chi connectivity index (χ2v) is 8.54. The van der Waals surface area contributed by atoms with E-state index in [4.69, 9.17) is 4.74 Å². The third kappa shape index (κ3) is 4.53. The quantitative estimate of drug-likeness (QED) is 0.722. The number of benzene rings is 1. The highest BCUT2D eigenvalue weighted by atomic mass is 32.2. The molecule has 0 spiro atoms. The number of carbonyl (C=O) groups is 1. The van der Waals surface area contributed by atoms with E-state index in [1.165, 1.54) is 16.4 Å². The summed E-state index contributed by atoms with van der Waals surface area (Å²) in [6, 6.07) is 5.47. The fourth-order valence-corrected chi connectivity index (χ4v) is 4.74. The van der Waals surface area contributed by atoms with Crippen LogP contribution >= 0.6 is 0 Å². The van der Waals surface area contributed by atoms with Gasteiger partial charge in [0.2, 0.25) is 10.0 Å². The van der Waals surface area contributed by atoms with Gasteiger partial charge >= 0.3 is 6.03 Å². The summed E-state index contributed by atoms with van der Waals surface area (Å²) in [7, 11) is -3.61. The van der Waals surface area contributed by atoms with Crippen LogP contribution in [-0.4, -0.2) is 62.3 Å². The fraction of sp³-hybridized carbons (Fsp3) is 0.588. The molecule has 2 atom stereocenters. The number of nitrogens with one attached hydrogen (secondary N) is 2. The number of aliphatic hydroxyl groups excluding tert-OH is 1. The Hall–Kier alpha value is -1.68. The summed E-state index contributed by atoms with van der Waals surface area (Å²) in [6.45, 7) is 1.40. The van der Waals surface area contributed by atoms with Crippen molar-refractivity contribution in [2.75, 3.05) is 31.6 Å². The molecule has 2 amide bonds. The Labute approximate surface area is 153 Å². The molecule has 0 bridgehead atoms. The van der Waals surface area contributed by atoms with Gasteiger partial charge in [0.25, 0.3) is 0 Å². The van der Waals surface area contributed by atoms with Gasteiger partial charge in [-0.15, -0.1) is 0 Å². The highest BCUT2D eigenvalue weighted by Gasteiger charge is 2.27. The average Bonchev–Trinajstić information content (AvgIpc) is 2.64. The number of rotatable bonds is 4. The van der Waals surface area contributed by atoms with Gasteiger partial charge in [-0.25, -0.2) is 13.2 Å². The number of hydrogen-bond donors (Lipinski definition) is 3. The Kier molecular flexibility index (Phi) is 6.13. The number of sulfonamides is 1. The first kappa shape index (κ1) is 19.1. The van der Waals surface area contributed by atoms with E-state index < -0.39 is 22.2 Å². The molecule has 2 aliphatic rings. The molecule has 0 unspecified atom stereocenters. The van der Waals surface area contributed by atoms with E-state index in [2.05, 4.69) is 10.6 Å². The van der Waals surface area contributed by atoms with E-state index in [-0.39, 0.29) is 10.9 Å². The summed E-state index contributed by atoms with van der Waals surface area (Å²) in [4.78, 5) is 12.3. The standard InChI is InChI=1S/C17H25N3O5S/c21-16-7-2-1-6-15(16)19-17(22)18-13-4-3-5-14(12-13)26(23,24)20-8-10-25-11-9-20/h3-5,12,15-16,21H,1-2,6-11H2,(H2,18,19,22)/t15-,16-/m1/s1. The van der Waals surface area contributed by atoms with Crippen molar-refractivity contribution in [3.8, 4) is 0 Å². The van der Waals surface area contributed by atoms with Gasteiger partial charge in [-0.3, -0.25) is 0 Å². The number of morpholine rings is 1. The molecule has 26 heavy (non-hydrogen) atoms. The molecule has 8 nitrogen and oxygen atoms in total. The predicted octanol–water partition coefficient (Wildman–Crippen LogP) is 1.13. The molecule has 1 aliphatic heterocycles. The van der Waals surface area contributed by atoms with Crippen molar-refractivity contribution in [1.82, 2.24) is 9.62 Å². The van der Waals surface area contributed by atoms with Gasteiger partial charge in [0, 0.05) is 18.8 Å². The van der Waals surface area contributed by atoms with Crippen LogP contribution in [0.4, 0.5) is 10.5 Å². The molecule has 1 aromatic rings. The molecule has 1 saturated carbocycles. The van der Waals surface area contributed by atoms with E-state index in [0.717, 1.165) is 19.3 Å². The first-order chi connectivity index (χ1) is 12.5. The molecular formula is C17H25N3O5S. The van der Waals surface area contributed by atoms with Crippen molar-refractivity contribution in [3.63, 3.8) is 0 Å². The van der Waals surface area contributed by atoms with Crippen molar-refractivity contribution >= 4 is 21.7 Å². The number of nitrogens with zero attached hydrogens (tertiary/aromatic N) is 1. The topological polar surface area (TPSA) is 108 Å². The minimum Gasteiger partial charge on any atom is -0.391 e. The number of urea groups is 1. The van der Waals surface area contributed by atoms with Gasteiger partial charge < -0.3 is 20.5 Å². The van der Waals surface area contributed by atoms with Gasteiger partial charge in [0.15, 0.2) is 0 Å². The lowest BCUT2D eigenvalue weighted by Crippen LogP contribution is -2.46. The molecule has 0 radical (unpaired) electrons. The zero-order valence-electron chi connectivity index (χ0n) is 14.6. The summed E-state index contributed by atoms with van der Waals surface area (Å²) >= 11 is 0. The molecule has 3 N–H and O–H groups in total. The third-order valence-corrected chi connectivity index (χ3v) is 6.64. The lowest BCUT2D eigenvalue weighted by Gasteiger charge is -2.28. The average molecular weight is 383 g/mol. The highest BCUT2D eigenvalue weighted by Crippen LogP contribution is 2.21. The fourth-order valence-electron chi connectivity index (χ4n) is 3.29. The van der Waals surface area contributed by atoms with Crippen LogP contribution in [0.5, 0.6) is 0 Å². The van der Waals surface area contributed by atoms with Gasteiger partial charge in [-0.05, 0) is 31.0 Å². The Bertz CT molecular complexity index is 734. The lowest BCUT2D eigenvalue weighted by atomic mass is 9.93. The lowest BCUT2D eigenvalue weighted by molar-refractivity contribution is 0.0730. The maximum absolute atomic E-state index is 12.7. The van der Waals surface area contributed by atoms with E-state index in [9.17, 15) is 18.3 Å². The molecule has 1 aromatic carbocycles. The van der Waals surface area contributed by atoms with Gasteiger partial charge in [-0.1, -0.05) is 18.9 Å². The van der Waals surface area contributed by atoms with Crippen LogP contribution in [0.25, 0.3) is 0 Å². The minimum atomic E-state index is -3.61. The first-order valence-electron chi connectivity index (χ1n) is 8.90.